The molecule has 6 atom stereocenters. The fourth-order valence-electron chi connectivity index (χ4n) is 7.57. The second-order valence-corrected chi connectivity index (χ2v) is 11.9. The Kier molecular flexibility index (Phi) is 6.76. The molecule has 1 amide bonds. The number of ketones is 4. The minimum atomic E-state index is -2.80. The second-order valence-electron chi connectivity index (χ2n) is 11.9. The van der Waals surface area contributed by atoms with Gasteiger partial charge in [-0.1, -0.05) is 12.8 Å². The van der Waals surface area contributed by atoms with E-state index in [1.807, 2.05) is 11.9 Å². The van der Waals surface area contributed by atoms with Crippen molar-refractivity contribution < 1.29 is 38.6 Å². The molecule has 39 heavy (non-hydrogen) atoms. The molecule has 11 heteroatoms. The number of phenols is 1. The maximum atomic E-state index is 15.9. The first kappa shape index (κ1) is 27.5. The summed E-state index contributed by atoms with van der Waals surface area (Å²) in [5, 5.41) is 22.4. The van der Waals surface area contributed by atoms with Gasteiger partial charge in [0.25, 0.3) is 0 Å². The number of aliphatic hydroxyl groups is 1. The number of primary amides is 1. The molecule has 4 aliphatic rings. The zero-order valence-corrected chi connectivity index (χ0v) is 22.3. The van der Waals surface area contributed by atoms with E-state index in [4.69, 9.17) is 5.73 Å². The van der Waals surface area contributed by atoms with Crippen LogP contribution in [0.2, 0.25) is 0 Å². The van der Waals surface area contributed by atoms with E-state index in [1.54, 1.807) is 0 Å². The first-order valence-electron chi connectivity index (χ1n) is 13.4. The fourth-order valence-corrected chi connectivity index (χ4v) is 7.57. The van der Waals surface area contributed by atoms with E-state index in [1.165, 1.54) is 25.1 Å². The van der Waals surface area contributed by atoms with Gasteiger partial charge in [0.15, 0.2) is 34.7 Å². The Morgan fingerprint density at radius 1 is 1.13 bits per heavy atom. The van der Waals surface area contributed by atoms with Gasteiger partial charge in [0, 0.05) is 29.6 Å². The van der Waals surface area contributed by atoms with Gasteiger partial charge in [0.05, 0.1) is 17.5 Å². The lowest BCUT2D eigenvalue weighted by atomic mass is 9.52. The number of rotatable bonds is 5. The molecule has 0 radical (unpaired) electrons. The third-order valence-corrected chi connectivity index (χ3v) is 9.44. The number of carbonyl (C=O) groups is 5. The van der Waals surface area contributed by atoms with Crippen molar-refractivity contribution in [2.45, 2.75) is 62.8 Å². The van der Waals surface area contributed by atoms with Gasteiger partial charge in [-0.2, -0.15) is 0 Å². The summed E-state index contributed by atoms with van der Waals surface area (Å²) < 4.78 is 15.9. The third-order valence-electron chi connectivity index (χ3n) is 9.44. The van der Waals surface area contributed by atoms with Crippen LogP contribution in [0.25, 0.3) is 0 Å². The predicted molar refractivity (Wildman–Crippen MR) is 135 cm³/mol. The van der Waals surface area contributed by atoms with E-state index < -0.39 is 75.9 Å². The van der Waals surface area contributed by atoms with E-state index in [2.05, 4.69) is 0 Å². The number of likely N-dealkylation sites (N-methyl/N-ethyl adjacent to an activating group) is 1. The lowest BCUT2D eigenvalue weighted by Gasteiger charge is -2.52. The molecule has 0 heterocycles. The lowest BCUT2D eigenvalue weighted by molar-refractivity contribution is -0.181. The highest BCUT2D eigenvalue weighted by Crippen LogP contribution is 2.51. The molecule has 0 saturated heterocycles. The van der Waals surface area contributed by atoms with E-state index in [0.29, 0.717) is 6.04 Å². The molecule has 5 rings (SSSR count). The molecule has 1 aromatic carbocycles. The Labute approximate surface area is 225 Å². The number of hydrogen-bond acceptors (Lipinski definition) is 9. The van der Waals surface area contributed by atoms with Gasteiger partial charge in [-0.3, -0.25) is 33.8 Å². The zero-order chi connectivity index (χ0) is 28.5. The van der Waals surface area contributed by atoms with Crippen LogP contribution in [0.1, 0.15) is 53.6 Å². The average molecular weight is 544 g/mol. The molecule has 0 aromatic heterocycles. The van der Waals surface area contributed by atoms with Gasteiger partial charge < -0.3 is 15.9 Å². The number of benzene rings is 1. The lowest BCUT2D eigenvalue weighted by Crippen LogP contribution is -2.74. The summed E-state index contributed by atoms with van der Waals surface area (Å²) in [6.45, 7) is 0.237. The number of aromatic hydroxyl groups is 1. The van der Waals surface area contributed by atoms with Crippen molar-refractivity contribution in [3.05, 3.63) is 28.6 Å². The first-order valence-corrected chi connectivity index (χ1v) is 13.4. The van der Waals surface area contributed by atoms with Crippen LogP contribution in [0.4, 0.5) is 4.39 Å². The number of nitrogens with zero attached hydrogens (tertiary/aromatic N) is 2. The number of halogens is 1. The van der Waals surface area contributed by atoms with Crippen LogP contribution in [-0.4, -0.2) is 87.9 Å². The molecule has 4 aliphatic carbocycles. The van der Waals surface area contributed by atoms with E-state index in [-0.39, 0.29) is 36.1 Å². The van der Waals surface area contributed by atoms with Crippen molar-refractivity contribution in [1.29, 1.82) is 0 Å². The summed E-state index contributed by atoms with van der Waals surface area (Å²) in [4.78, 5) is 69.4. The number of fused-ring (bicyclic) bond motifs is 3. The number of hydrogen-bond donors (Lipinski definition) is 3. The van der Waals surface area contributed by atoms with Gasteiger partial charge in [0.2, 0.25) is 5.91 Å². The molecule has 3 saturated carbocycles. The highest BCUT2D eigenvalue weighted by molar-refractivity contribution is 6.32. The molecule has 4 N–H and O–H groups in total. The molecular formula is C28H34FN3O7. The Morgan fingerprint density at radius 2 is 1.77 bits per heavy atom. The number of amides is 1. The van der Waals surface area contributed by atoms with Crippen LogP contribution in [0.5, 0.6) is 5.75 Å². The van der Waals surface area contributed by atoms with Crippen LogP contribution >= 0.6 is 0 Å². The first-order chi connectivity index (χ1) is 18.3. The topological polar surface area (TPSA) is 158 Å². The molecular weight excluding hydrogens is 509 g/mol. The summed E-state index contributed by atoms with van der Waals surface area (Å²) >= 11 is 0. The van der Waals surface area contributed by atoms with Crippen molar-refractivity contribution in [2.75, 3.05) is 21.1 Å². The quantitative estimate of drug-likeness (QED) is 0.447. The summed E-state index contributed by atoms with van der Waals surface area (Å²) in [5.41, 5.74) is 2.43. The number of carbonyl (C=O) groups excluding carboxylic acids is 5. The summed E-state index contributed by atoms with van der Waals surface area (Å²) in [5.74, 6) is -12.2. The molecule has 210 valence electrons. The molecule has 0 bridgehead atoms. The Morgan fingerprint density at radius 3 is 2.36 bits per heavy atom. The largest absolute Gasteiger partial charge is 0.507 e. The predicted octanol–water partition coefficient (Wildman–Crippen LogP) is 0.381. The molecule has 2 unspecified atom stereocenters. The van der Waals surface area contributed by atoms with Gasteiger partial charge in [0.1, 0.15) is 11.6 Å². The van der Waals surface area contributed by atoms with Gasteiger partial charge in [-0.15, -0.1) is 0 Å². The zero-order valence-electron chi connectivity index (χ0n) is 22.3. The Bertz CT molecular complexity index is 1290. The van der Waals surface area contributed by atoms with E-state index >= 15 is 4.39 Å². The van der Waals surface area contributed by atoms with Crippen molar-refractivity contribution in [2.24, 2.45) is 29.4 Å². The third kappa shape index (κ3) is 3.96. The van der Waals surface area contributed by atoms with Crippen LogP contribution in [-0.2, 0) is 32.1 Å². The number of Topliss-reactive ketones (excluding diaryl/α,β-unsaturated/α-hetero) is 4. The highest BCUT2D eigenvalue weighted by atomic mass is 19.1. The standard InChI is InChI=1S/C28H34FN3O7/c1-31(2)22-16-9-12-8-15-19(17(33)10-13(21(15)29)11-32(3)14-6-4-5-7-14)23(34)18(12)25(36)28(16,39)26(37)20(24(22)35)27(30)38/h10,12,14,16,18,20,22,33,39H,4-9,11H2,1-3H3,(H2,30,38)/t12-,16-,18?,20?,22-,28-/m0/s1. The van der Waals surface area contributed by atoms with Crippen LogP contribution in [0.3, 0.4) is 0 Å². The van der Waals surface area contributed by atoms with Crippen LogP contribution in [0, 0.1) is 29.5 Å². The number of phenolic OH excluding ortho intramolecular Hbond substituents is 1. The minimum Gasteiger partial charge on any atom is -0.507 e. The molecule has 10 nitrogen and oxygen atoms in total. The van der Waals surface area contributed by atoms with Crippen LogP contribution in [0.15, 0.2) is 6.07 Å². The van der Waals surface area contributed by atoms with Gasteiger partial charge in [-0.25, -0.2) is 4.39 Å². The number of nitrogens with two attached hydrogens (primary N) is 1. The normalized spacial score (nSPS) is 32.9. The smallest absolute Gasteiger partial charge is 0.235 e. The Hall–Kier alpha value is -3.02. The van der Waals surface area contributed by atoms with E-state index in [9.17, 15) is 34.2 Å². The van der Waals surface area contributed by atoms with Crippen LogP contribution < -0.4 is 5.73 Å². The molecule has 0 spiro atoms. The average Bonchev–Trinajstić information content (AvgIpc) is 3.39. The summed E-state index contributed by atoms with van der Waals surface area (Å²) in [6, 6.07) is 0.310. The van der Waals surface area contributed by atoms with Gasteiger partial charge >= 0.3 is 0 Å². The van der Waals surface area contributed by atoms with Crippen molar-refractivity contribution in [3.63, 3.8) is 0 Å². The molecule has 0 aliphatic heterocycles. The van der Waals surface area contributed by atoms with Crippen molar-refractivity contribution in [3.8, 4) is 5.75 Å². The highest BCUT2D eigenvalue weighted by Gasteiger charge is 2.69. The van der Waals surface area contributed by atoms with Crippen molar-refractivity contribution in [1.82, 2.24) is 9.80 Å². The molecule has 3 fully saturated rings. The monoisotopic (exact) mass is 543 g/mol. The van der Waals surface area contributed by atoms with Crippen molar-refractivity contribution >= 4 is 29.0 Å². The maximum Gasteiger partial charge on any atom is 0.235 e. The maximum absolute atomic E-state index is 15.9. The fraction of sp³-hybridized carbons (Fsp3) is 0.607. The minimum absolute atomic E-state index is 0.000750. The van der Waals surface area contributed by atoms with E-state index in [0.717, 1.165) is 25.7 Å². The summed E-state index contributed by atoms with van der Waals surface area (Å²) in [7, 11) is 4.92. The van der Waals surface area contributed by atoms with Gasteiger partial charge in [-0.05, 0) is 58.8 Å². The molecule has 1 aromatic rings. The SMILES string of the molecule is CN(Cc1cc(O)c2c(c1F)C[C@H]1C[C@H]3[C@H](N(C)C)C(=O)C(C(N)=O)C(=O)[C@@]3(O)C(=O)C1C2=O)C1CCCC1. The summed E-state index contributed by atoms with van der Waals surface area (Å²) in [6.07, 6.45) is 4.01. The Balaban J connectivity index is 1.55. The second kappa shape index (κ2) is 9.57.